The average molecular weight is 625 g/mol. The number of benzene rings is 3. The van der Waals surface area contributed by atoms with Gasteiger partial charge >= 0.3 is 0 Å². The van der Waals surface area contributed by atoms with Gasteiger partial charge in [0.25, 0.3) is 0 Å². The van der Waals surface area contributed by atoms with E-state index in [1.54, 1.807) is 42.1 Å². The van der Waals surface area contributed by atoms with E-state index in [9.17, 15) is 4.79 Å². The van der Waals surface area contributed by atoms with Crippen molar-refractivity contribution in [3.63, 3.8) is 0 Å². The van der Waals surface area contributed by atoms with Crippen molar-refractivity contribution in [3.05, 3.63) is 64.0 Å². The van der Waals surface area contributed by atoms with E-state index >= 15 is 0 Å². The molecule has 0 radical (unpaired) electrons. The lowest BCUT2D eigenvalue weighted by atomic mass is 10.1. The van der Waals surface area contributed by atoms with Crippen LogP contribution in [0.25, 0.3) is 33.2 Å². The standard InChI is InChI=1S/C31H29ClN2O8S/c1-36-19-14-22(37-2)26-23(15-19)42-28(17-11-24(38-3)29(40-5)25(12-17)39-4)30(27(26)35)41-9-6-10-43-31-20-8-7-18(32)13-21(20)33-16-34-31/h7-8,11-16H,6,9-10H2,1-5H3. The van der Waals surface area contributed by atoms with Crippen LogP contribution in [0.5, 0.6) is 34.5 Å². The molecule has 2 aromatic heterocycles. The Morgan fingerprint density at radius 1 is 0.837 bits per heavy atom. The Kier molecular flexibility index (Phi) is 9.32. The lowest BCUT2D eigenvalue weighted by molar-refractivity contribution is 0.309. The molecule has 0 aliphatic rings. The molecule has 12 heteroatoms. The fourth-order valence-electron chi connectivity index (χ4n) is 4.58. The third kappa shape index (κ3) is 6.09. The van der Waals surface area contributed by atoms with Gasteiger partial charge in [0.15, 0.2) is 17.3 Å². The van der Waals surface area contributed by atoms with Crippen LogP contribution >= 0.6 is 23.4 Å². The number of halogens is 1. The molecule has 0 unspecified atom stereocenters. The summed E-state index contributed by atoms with van der Waals surface area (Å²) >= 11 is 7.68. The number of aromatic nitrogens is 2. The second kappa shape index (κ2) is 13.3. The van der Waals surface area contributed by atoms with Gasteiger partial charge in [-0.05, 0) is 36.8 Å². The van der Waals surface area contributed by atoms with Gasteiger partial charge in [-0.3, -0.25) is 4.79 Å². The fourth-order valence-corrected chi connectivity index (χ4v) is 5.65. The molecule has 0 atom stereocenters. The van der Waals surface area contributed by atoms with Crippen LogP contribution < -0.4 is 33.8 Å². The van der Waals surface area contributed by atoms with E-state index < -0.39 is 5.43 Å². The van der Waals surface area contributed by atoms with Gasteiger partial charge in [0.1, 0.15) is 33.8 Å². The number of fused-ring (bicyclic) bond motifs is 2. The molecule has 0 fully saturated rings. The largest absolute Gasteiger partial charge is 0.496 e. The van der Waals surface area contributed by atoms with Gasteiger partial charge in [-0.15, -0.1) is 11.8 Å². The number of ether oxygens (including phenoxy) is 6. The summed E-state index contributed by atoms with van der Waals surface area (Å²) in [5.41, 5.74) is 1.14. The van der Waals surface area contributed by atoms with Crippen LogP contribution in [0.3, 0.4) is 0 Å². The van der Waals surface area contributed by atoms with Gasteiger partial charge in [-0.25, -0.2) is 9.97 Å². The van der Waals surface area contributed by atoms with Gasteiger partial charge in [0, 0.05) is 33.9 Å². The second-order valence-corrected chi connectivity index (χ2v) is 10.6. The lowest BCUT2D eigenvalue weighted by Gasteiger charge is -2.17. The van der Waals surface area contributed by atoms with Crippen LogP contribution in [-0.4, -0.2) is 57.9 Å². The van der Waals surface area contributed by atoms with Crippen LogP contribution in [-0.2, 0) is 0 Å². The quantitative estimate of drug-likeness (QED) is 0.0843. The number of rotatable bonds is 12. The average Bonchev–Trinajstić information content (AvgIpc) is 3.03. The third-order valence-corrected chi connectivity index (χ3v) is 7.94. The van der Waals surface area contributed by atoms with E-state index in [1.807, 2.05) is 12.1 Å². The van der Waals surface area contributed by atoms with E-state index in [0.29, 0.717) is 51.5 Å². The molecule has 0 amide bonds. The van der Waals surface area contributed by atoms with E-state index in [4.69, 9.17) is 44.4 Å². The van der Waals surface area contributed by atoms with Crippen LogP contribution in [0.2, 0.25) is 5.02 Å². The van der Waals surface area contributed by atoms with Crippen molar-refractivity contribution in [1.29, 1.82) is 0 Å². The zero-order chi connectivity index (χ0) is 30.5. The highest BCUT2D eigenvalue weighted by Gasteiger charge is 2.24. The molecule has 43 heavy (non-hydrogen) atoms. The first kappa shape index (κ1) is 30.1. The molecule has 0 bridgehead atoms. The molecular weight excluding hydrogens is 596 g/mol. The van der Waals surface area contributed by atoms with E-state index in [1.165, 1.54) is 41.9 Å². The zero-order valence-electron chi connectivity index (χ0n) is 24.2. The molecule has 0 spiro atoms. The van der Waals surface area contributed by atoms with Gasteiger partial charge in [-0.1, -0.05) is 11.6 Å². The molecule has 0 saturated carbocycles. The van der Waals surface area contributed by atoms with Gasteiger partial charge < -0.3 is 32.8 Å². The van der Waals surface area contributed by atoms with Crippen molar-refractivity contribution >= 4 is 45.2 Å². The molecule has 224 valence electrons. The smallest absolute Gasteiger partial charge is 0.239 e. The van der Waals surface area contributed by atoms with E-state index in [2.05, 4.69) is 9.97 Å². The highest BCUT2D eigenvalue weighted by Crippen LogP contribution is 2.44. The monoisotopic (exact) mass is 624 g/mol. The predicted octanol–water partition coefficient (Wildman–Crippen LogP) is 6.66. The van der Waals surface area contributed by atoms with Gasteiger partial charge in [0.2, 0.25) is 16.9 Å². The van der Waals surface area contributed by atoms with Crippen molar-refractivity contribution in [1.82, 2.24) is 9.97 Å². The Morgan fingerprint density at radius 3 is 2.26 bits per heavy atom. The van der Waals surface area contributed by atoms with Crippen molar-refractivity contribution in [2.45, 2.75) is 11.4 Å². The molecule has 2 heterocycles. The molecule has 0 saturated heterocycles. The molecular formula is C31H29ClN2O8S. The van der Waals surface area contributed by atoms with Crippen LogP contribution in [0.4, 0.5) is 0 Å². The molecule has 5 rings (SSSR count). The maximum absolute atomic E-state index is 14.0. The lowest BCUT2D eigenvalue weighted by Crippen LogP contribution is -2.12. The van der Waals surface area contributed by atoms with Crippen LogP contribution in [0.15, 0.2) is 63.0 Å². The summed E-state index contributed by atoms with van der Waals surface area (Å²) in [4.78, 5) is 22.7. The first-order chi connectivity index (χ1) is 20.9. The van der Waals surface area contributed by atoms with E-state index in [0.717, 1.165) is 15.9 Å². The van der Waals surface area contributed by atoms with Crippen LogP contribution in [0, 0.1) is 0 Å². The van der Waals surface area contributed by atoms with Gasteiger partial charge in [0.05, 0.1) is 47.7 Å². The summed E-state index contributed by atoms with van der Waals surface area (Å²) in [6, 6.07) is 12.2. The highest BCUT2D eigenvalue weighted by molar-refractivity contribution is 7.99. The predicted molar refractivity (Wildman–Crippen MR) is 166 cm³/mol. The number of hydrogen-bond donors (Lipinski definition) is 0. The summed E-state index contributed by atoms with van der Waals surface area (Å²) in [5.74, 6) is 2.85. The van der Waals surface area contributed by atoms with Gasteiger partial charge in [-0.2, -0.15) is 0 Å². The molecule has 3 aromatic carbocycles. The minimum absolute atomic E-state index is 0.0253. The topological polar surface area (TPSA) is 111 Å². The molecule has 10 nitrogen and oxygen atoms in total. The van der Waals surface area contributed by atoms with Crippen molar-refractivity contribution in [2.24, 2.45) is 0 Å². The van der Waals surface area contributed by atoms with Crippen LogP contribution in [0.1, 0.15) is 6.42 Å². The number of thioether (sulfide) groups is 1. The summed E-state index contributed by atoms with van der Waals surface area (Å²) < 4.78 is 39.9. The number of nitrogens with zero attached hydrogens (tertiary/aromatic N) is 2. The van der Waals surface area contributed by atoms with E-state index in [-0.39, 0.29) is 29.1 Å². The maximum Gasteiger partial charge on any atom is 0.239 e. The fraction of sp³-hybridized carbons (Fsp3) is 0.258. The molecule has 5 aromatic rings. The Balaban J connectivity index is 1.50. The summed E-state index contributed by atoms with van der Waals surface area (Å²) in [5, 5.41) is 2.60. The normalized spacial score (nSPS) is 11.0. The summed E-state index contributed by atoms with van der Waals surface area (Å²) in [6.45, 7) is 0.230. The molecule has 0 aliphatic heterocycles. The molecule has 0 N–H and O–H groups in total. The Bertz CT molecular complexity index is 1820. The third-order valence-electron chi connectivity index (χ3n) is 6.61. The molecule has 0 aliphatic carbocycles. The Hall–Kier alpha value is -4.35. The Morgan fingerprint density at radius 2 is 1.58 bits per heavy atom. The SMILES string of the molecule is COc1cc(OC)c2c(=O)c(OCCCSc3ncnc4cc(Cl)ccc34)c(-c3cc(OC)c(OC)c(OC)c3)oc2c1. The first-order valence-electron chi connectivity index (χ1n) is 13.1. The Labute approximate surface area is 256 Å². The first-order valence-corrected chi connectivity index (χ1v) is 14.5. The zero-order valence-corrected chi connectivity index (χ0v) is 25.8. The highest BCUT2D eigenvalue weighted by atomic mass is 35.5. The van der Waals surface area contributed by atoms with Crippen molar-refractivity contribution in [3.8, 4) is 45.8 Å². The minimum atomic E-state index is -0.393. The second-order valence-electron chi connectivity index (χ2n) is 9.10. The number of hydrogen-bond acceptors (Lipinski definition) is 11. The summed E-state index contributed by atoms with van der Waals surface area (Å²) in [6.07, 6.45) is 2.12. The maximum atomic E-state index is 14.0. The van der Waals surface area contributed by atoms with Crippen molar-refractivity contribution < 1.29 is 32.8 Å². The van der Waals surface area contributed by atoms with Crippen molar-refractivity contribution in [2.75, 3.05) is 47.9 Å². The summed E-state index contributed by atoms with van der Waals surface area (Å²) in [7, 11) is 7.54. The minimum Gasteiger partial charge on any atom is -0.496 e. The number of methoxy groups -OCH3 is 5.